The number of amides is 3. The molecule has 1 N–H and O–H groups in total. The van der Waals surface area contributed by atoms with Crippen LogP contribution in [-0.2, 0) is 9.59 Å². The van der Waals surface area contributed by atoms with Gasteiger partial charge in [-0.2, -0.15) is 0 Å². The summed E-state index contributed by atoms with van der Waals surface area (Å²) >= 11 is 0. The number of likely N-dealkylation sites (N-methyl/N-ethyl adjacent to an activating group) is 1. The molecule has 146 valence electrons. The number of carboxylic acid groups (broad SMARTS) is 1. The van der Waals surface area contributed by atoms with Gasteiger partial charge < -0.3 is 9.84 Å². The maximum absolute atomic E-state index is 12.8. The Bertz CT molecular complexity index is 923. The third kappa shape index (κ3) is 2.68. The van der Waals surface area contributed by atoms with Crippen LogP contribution in [0.2, 0.25) is 0 Å². The van der Waals surface area contributed by atoms with Crippen molar-refractivity contribution < 1.29 is 28.8 Å². The number of hydrogen-bond acceptors (Lipinski definition) is 6. The van der Waals surface area contributed by atoms with Crippen molar-refractivity contribution in [2.24, 2.45) is 4.99 Å². The zero-order chi connectivity index (χ0) is 20.0. The van der Waals surface area contributed by atoms with Gasteiger partial charge in [0.05, 0.1) is 13.2 Å². The van der Waals surface area contributed by atoms with Gasteiger partial charge in [-0.05, 0) is 31.2 Å². The molecule has 1 aromatic carbocycles. The number of anilines is 1. The maximum Gasteiger partial charge on any atom is 0.397 e. The highest BCUT2D eigenvalue weighted by molar-refractivity contribution is 6.24. The van der Waals surface area contributed by atoms with Crippen molar-refractivity contribution in [3.63, 3.8) is 0 Å². The topological polar surface area (TPSA) is 106 Å². The number of hydrogen-bond donors (Lipinski definition) is 1. The van der Waals surface area contributed by atoms with Gasteiger partial charge in [-0.3, -0.25) is 14.5 Å². The molecule has 0 bridgehead atoms. The van der Waals surface area contributed by atoms with E-state index in [4.69, 9.17) is 9.84 Å². The molecule has 0 aliphatic carbocycles. The van der Waals surface area contributed by atoms with E-state index in [0.29, 0.717) is 31.5 Å². The predicted octanol–water partition coefficient (Wildman–Crippen LogP) is 0.0331. The molecule has 3 heterocycles. The van der Waals surface area contributed by atoms with Gasteiger partial charge in [-0.1, -0.05) is 4.99 Å². The standard InChI is InChI=1S/C18H19N5O5/c1-3-28-12-6-4-11(5-7-12)21-8-9-22-14-15(19-17(21)22)20(2)18(27)23(16(14)26)10-13(24)25/h4-7,14H,3,8-10H2,1-2H3/p+1. The van der Waals surface area contributed by atoms with Crippen molar-refractivity contribution in [1.82, 2.24) is 9.80 Å². The van der Waals surface area contributed by atoms with Crippen molar-refractivity contribution in [1.29, 1.82) is 0 Å². The Hall–Kier alpha value is -3.43. The molecule has 1 atom stereocenters. The molecular weight excluding hydrogens is 366 g/mol. The third-order valence-corrected chi connectivity index (χ3v) is 4.95. The number of aliphatic carboxylic acids is 1. The van der Waals surface area contributed by atoms with Gasteiger partial charge >= 0.3 is 18.0 Å². The fourth-order valence-electron chi connectivity index (χ4n) is 3.67. The summed E-state index contributed by atoms with van der Waals surface area (Å²) in [5, 5.41) is 9.03. The second kappa shape index (κ2) is 6.63. The van der Waals surface area contributed by atoms with Crippen molar-refractivity contribution in [2.75, 3.05) is 38.2 Å². The van der Waals surface area contributed by atoms with Crippen LogP contribution < -0.4 is 9.64 Å². The first-order chi connectivity index (χ1) is 13.4. The van der Waals surface area contributed by atoms with Crippen molar-refractivity contribution in [3.05, 3.63) is 24.3 Å². The first-order valence-corrected chi connectivity index (χ1v) is 8.95. The van der Waals surface area contributed by atoms with Gasteiger partial charge in [-0.25, -0.2) is 19.2 Å². The number of amidine groups is 1. The van der Waals surface area contributed by atoms with Crippen LogP contribution >= 0.6 is 0 Å². The molecule has 0 spiro atoms. The molecule has 28 heavy (non-hydrogen) atoms. The molecule has 0 saturated carbocycles. The Kier molecular flexibility index (Phi) is 4.25. The van der Waals surface area contributed by atoms with Crippen LogP contribution in [0, 0.1) is 0 Å². The number of rotatable bonds is 5. The number of carboxylic acids is 1. The normalized spacial score (nSPS) is 21.1. The third-order valence-electron chi connectivity index (χ3n) is 4.95. The van der Waals surface area contributed by atoms with E-state index in [9.17, 15) is 14.4 Å². The fraction of sp³-hybridized carbons (Fsp3) is 0.389. The summed E-state index contributed by atoms with van der Waals surface area (Å²) in [7, 11) is 1.50. The molecule has 1 unspecified atom stereocenters. The van der Waals surface area contributed by atoms with Crippen LogP contribution in [0.3, 0.4) is 0 Å². The largest absolute Gasteiger partial charge is 0.494 e. The lowest BCUT2D eigenvalue weighted by molar-refractivity contribution is -0.525. The zero-order valence-corrected chi connectivity index (χ0v) is 15.5. The minimum atomic E-state index is -1.24. The summed E-state index contributed by atoms with van der Waals surface area (Å²) in [4.78, 5) is 44.8. The van der Waals surface area contributed by atoms with Crippen molar-refractivity contribution in [3.8, 4) is 5.75 Å². The first kappa shape index (κ1) is 18.0. The molecule has 4 rings (SSSR count). The number of aliphatic imine (C=N–C) groups is 1. The van der Waals surface area contributed by atoms with Gasteiger partial charge in [0.2, 0.25) is 11.9 Å². The second-order valence-electron chi connectivity index (χ2n) is 6.60. The molecule has 0 radical (unpaired) electrons. The number of carbonyl (C=O) groups is 3. The monoisotopic (exact) mass is 386 g/mol. The summed E-state index contributed by atoms with van der Waals surface area (Å²) in [5.41, 5.74) is 0.896. The minimum Gasteiger partial charge on any atom is -0.494 e. The number of imide groups is 1. The molecule has 10 nitrogen and oxygen atoms in total. The molecule has 3 amide bonds. The van der Waals surface area contributed by atoms with Crippen LogP contribution in [0.1, 0.15) is 6.92 Å². The van der Waals surface area contributed by atoms with Crippen LogP contribution in [0.5, 0.6) is 5.75 Å². The molecule has 3 aliphatic rings. The molecular formula is C18H20N5O5+. The van der Waals surface area contributed by atoms with E-state index < -0.39 is 30.5 Å². The van der Waals surface area contributed by atoms with Gasteiger partial charge in [0.25, 0.3) is 5.91 Å². The molecule has 1 aromatic rings. The highest BCUT2D eigenvalue weighted by Crippen LogP contribution is 2.27. The van der Waals surface area contributed by atoms with Gasteiger partial charge in [0.15, 0.2) is 0 Å². The van der Waals surface area contributed by atoms with E-state index >= 15 is 0 Å². The van der Waals surface area contributed by atoms with Gasteiger partial charge in [0, 0.05) is 7.05 Å². The zero-order valence-electron chi connectivity index (χ0n) is 15.5. The Morgan fingerprint density at radius 1 is 1.32 bits per heavy atom. The van der Waals surface area contributed by atoms with E-state index in [-0.39, 0.29) is 0 Å². The smallest absolute Gasteiger partial charge is 0.397 e. The van der Waals surface area contributed by atoms with E-state index in [2.05, 4.69) is 4.99 Å². The number of nitrogens with zero attached hydrogens (tertiary/aromatic N) is 5. The Morgan fingerprint density at radius 2 is 2.04 bits per heavy atom. The average molecular weight is 386 g/mol. The summed E-state index contributed by atoms with van der Waals surface area (Å²) in [6.07, 6.45) is 0. The molecule has 3 aliphatic heterocycles. The summed E-state index contributed by atoms with van der Waals surface area (Å²) in [6.45, 7) is 2.99. The number of ether oxygens (including phenoxy) is 1. The summed E-state index contributed by atoms with van der Waals surface area (Å²) < 4.78 is 7.28. The molecule has 1 fully saturated rings. The van der Waals surface area contributed by atoms with Crippen LogP contribution in [0.4, 0.5) is 10.5 Å². The SMILES string of the molecule is CCOc1ccc(N2CC[N+]3=C2N=C2C3C(=O)N(CC(=O)O)C(=O)N2C)cc1. The van der Waals surface area contributed by atoms with Crippen molar-refractivity contribution >= 4 is 35.4 Å². The number of guanidine groups is 1. The van der Waals surface area contributed by atoms with E-state index in [1.807, 2.05) is 40.7 Å². The lowest BCUT2D eigenvalue weighted by atomic mass is 10.1. The highest BCUT2D eigenvalue weighted by Gasteiger charge is 2.55. The van der Waals surface area contributed by atoms with E-state index in [1.165, 1.54) is 11.9 Å². The molecule has 10 heteroatoms. The molecule has 1 saturated heterocycles. The lowest BCUT2D eigenvalue weighted by Gasteiger charge is -2.32. The van der Waals surface area contributed by atoms with Crippen LogP contribution in [-0.4, -0.2) is 88.5 Å². The summed E-state index contributed by atoms with van der Waals surface area (Å²) in [5.74, 6) is -0.136. The first-order valence-electron chi connectivity index (χ1n) is 8.95. The number of benzene rings is 1. The van der Waals surface area contributed by atoms with Crippen LogP contribution in [0.25, 0.3) is 0 Å². The number of urea groups is 1. The Morgan fingerprint density at radius 3 is 2.68 bits per heavy atom. The quantitative estimate of drug-likeness (QED) is 0.716. The maximum atomic E-state index is 12.8. The van der Waals surface area contributed by atoms with Gasteiger partial charge in [0.1, 0.15) is 24.5 Å². The van der Waals surface area contributed by atoms with Gasteiger partial charge in [-0.15, -0.1) is 0 Å². The number of fused-ring (bicyclic) bond motifs is 2. The minimum absolute atomic E-state index is 0.322. The van der Waals surface area contributed by atoms with E-state index in [0.717, 1.165) is 16.3 Å². The Labute approximate surface area is 160 Å². The molecule has 0 aromatic heterocycles. The predicted molar refractivity (Wildman–Crippen MR) is 98.8 cm³/mol. The van der Waals surface area contributed by atoms with Crippen LogP contribution in [0.15, 0.2) is 29.3 Å². The lowest BCUT2D eigenvalue weighted by Crippen LogP contribution is -2.63. The number of carbonyl (C=O) groups excluding carboxylic acids is 2. The fourth-order valence-corrected chi connectivity index (χ4v) is 3.67. The highest BCUT2D eigenvalue weighted by atomic mass is 16.5. The van der Waals surface area contributed by atoms with E-state index in [1.54, 1.807) is 0 Å². The van der Waals surface area contributed by atoms with Crippen molar-refractivity contribution in [2.45, 2.75) is 13.0 Å². The second-order valence-corrected chi connectivity index (χ2v) is 6.60. The Balaban J connectivity index is 1.66. The summed E-state index contributed by atoms with van der Waals surface area (Å²) in [6, 6.07) is 6.09. The average Bonchev–Trinajstić information content (AvgIpc) is 3.23.